The normalized spacial score (nSPS) is 20.0. The fourth-order valence-electron chi connectivity index (χ4n) is 2.80. The molecule has 1 aliphatic rings. The third-order valence-corrected chi connectivity index (χ3v) is 3.71. The van der Waals surface area contributed by atoms with Gasteiger partial charge in [0.2, 0.25) is 0 Å². The minimum atomic E-state index is -0.455. The van der Waals surface area contributed by atoms with Crippen LogP contribution in [-0.2, 0) is 4.74 Å². The Bertz CT molecular complexity index is 487. The van der Waals surface area contributed by atoms with E-state index in [1.807, 2.05) is 33.2 Å². The molecule has 122 valence electrons. The second-order valence-electron chi connectivity index (χ2n) is 6.68. The molecule has 1 saturated heterocycles. The Morgan fingerprint density at radius 3 is 2.73 bits per heavy atom. The lowest BCUT2D eigenvalue weighted by Gasteiger charge is -2.26. The van der Waals surface area contributed by atoms with Crippen LogP contribution >= 0.6 is 0 Å². The first-order valence-corrected chi connectivity index (χ1v) is 7.87. The molecule has 0 aromatic carbocycles. The lowest BCUT2D eigenvalue weighted by molar-refractivity contribution is 0.0285. The Labute approximate surface area is 132 Å². The van der Waals surface area contributed by atoms with Crippen molar-refractivity contribution in [3.05, 3.63) is 24.3 Å². The third kappa shape index (κ3) is 4.40. The molecule has 0 radical (unpaired) electrons. The Morgan fingerprint density at radius 1 is 1.45 bits per heavy atom. The monoisotopic (exact) mass is 306 g/mol. The number of nitrogens with one attached hydrogen (secondary N) is 1. The number of amides is 1. The predicted molar refractivity (Wildman–Crippen MR) is 84.4 cm³/mol. The first-order chi connectivity index (χ1) is 10.4. The standard InChI is InChI=1S/C16H26N4O2/c1-5-19-14(13-8-17-11-18-9-13)12-6-7-20(10-12)15(21)22-16(2,3)4/h8-9,11-12,14,19H,5-7,10H2,1-4H3. The fourth-order valence-corrected chi connectivity index (χ4v) is 2.80. The highest BCUT2D eigenvalue weighted by Gasteiger charge is 2.34. The summed E-state index contributed by atoms with van der Waals surface area (Å²) in [6.07, 6.45) is 5.95. The second-order valence-corrected chi connectivity index (χ2v) is 6.68. The number of aromatic nitrogens is 2. The highest BCUT2D eigenvalue weighted by molar-refractivity contribution is 5.68. The van der Waals surface area contributed by atoms with Gasteiger partial charge in [0.1, 0.15) is 11.9 Å². The first-order valence-electron chi connectivity index (χ1n) is 7.87. The third-order valence-electron chi connectivity index (χ3n) is 3.71. The maximum atomic E-state index is 12.2. The van der Waals surface area contributed by atoms with Crippen LogP contribution in [0.1, 0.15) is 45.7 Å². The van der Waals surface area contributed by atoms with Gasteiger partial charge in [-0.3, -0.25) is 0 Å². The van der Waals surface area contributed by atoms with Gasteiger partial charge in [-0.15, -0.1) is 0 Å². The molecule has 22 heavy (non-hydrogen) atoms. The van der Waals surface area contributed by atoms with Gasteiger partial charge >= 0.3 is 6.09 Å². The van der Waals surface area contributed by atoms with E-state index in [-0.39, 0.29) is 12.1 Å². The van der Waals surface area contributed by atoms with Gasteiger partial charge < -0.3 is 15.0 Å². The largest absolute Gasteiger partial charge is 0.444 e. The van der Waals surface area contributed by atoms with E-state index in [9.17, 15) is 4.79 Å². The lowest BCUT2D eigenvalue weighted by atomic mass is 9.94. The number of likely N-dealkylation sites (tertiary alicyclic amines) is 1. The van der Waals surface area contributed by atoms with E-state index in [0.29, 0.717) is 12.5 Å². The van der Waals surface area contributed by atoms with Crippen molar-refractivity contribution in [2.75, 3.05) is 19.6 Å². The van der Waals surface area contributed by atoms with E-state index < -0.39 is 5.60 Å². The van der Waals surface area contributed by atoms with E-state index in [1.165, 1.54) is 6.33 Å². The molecule has 0 bridgehead atoms. The Kier molecular flexibility index (Phi) is 5.34. The molecule has 1 N–H and O–H groups in total. The van der Waals surface area contributed by atoms with Crippen LogP contribution in [0.5, 0.6) is 0 Å². The van der Waals surface area contributed by atoms with E-state index >= 15 is 0 Å². The van der Waals surface area contributed by atoms with Crippen LogP contribution < -0.4 is 5.32 Å². The van der Waals surface area contributed by atoms with E-state index in [2.05, 4.69) is 22.2 Å². The van der Waals surface area contributed by atoms with Crippen LogP contribution in [0.3, 0.4) is 0 Å². The molecule has 0 saturated carbocycles. The van der Waals surface area contributed by atoms with Gasteiger partial charge in [0.15, 0.2) is 0 Å². The number of ether oxygens (including phenoxy) is 1. The SMILES string of the molecule is CCNC(c1cncnc1)C1CCN(C(=O)OC(C)(C)C)C1. The Morgan fingerprint density at radius 2 is 2.14 bits per heavy atom. The van der Waals surface area contributed by atoms with Gasteiger partial charge in [-0.1, -0.05) is 6.92 Å². The topological polar surface area (TPSA) is 67.4 Å². The van der Waals surface area contributed by atoms with Crippen LogP contribution in [0.2, 0.25) is 0 Å². The molecule has 1 aromatic heterocycles. The van der Waals surface area contributed by atoms with Crippen molar-refractivity contribution in [3.8, 4) is 0 Å². The summed E-state index contributed by atoms with van der Waals surface area (Å²) in [6, 6.07) is 0.165. The van der Waals surface area contributed by atoms with Gasteiger partial charge in [-0.05, 0) is 39.7 Å². The molecule has 0 spiro atoms. The summed E-state index contributed by atoms with van der Waals surface area (Å²) < 4.78 is 5.46. The molecule has 1 aromatic rings. The molecule has 2 rings (SSSR count). The number of hydrogen-bond donors (Lipinski definition) is 1. The van der Waals surface area contributed by atoms with E-state index in [1.54, 1.807) is 4.90 Å². The van der Waals surface area contributed by atoms with Crippen molar-refractivity contribution in [2.24, 2.45) is 5.92 Å². The van der Waals surface area contributed by atoms with Crippen molar-refractivity contribution in [1.29, 1.82) is 0 Å². The second kappa shape index (κ2) is 7.05. The average Bonchev–Trinajstić information content (AvgIpc) is 2.93. The van der Waals surface area contributed by atoms with Crippen LogP contribution in [0.4, 0.5) is 4.79 Å². The molecule has 6 nitrogen and oxygen atoms in total. The molecule has 1 amide bonds. The van der Waals surface area contributed by atoms with E-state index in [4.69, 9.17) is 4.74 Å². The molecule has 2 atom stereocenters. The van der Waals surface area contributed by atoms with Crippen molar-refractivity contribution >= 4 is 6.09 Å². The zero-order chi connectivity index (χ0) is 16.2. The average molecular weight is 306 g/mol. The molecule has 1 fully saturated rings. The molecule has 1 aliphatic heterocycles. The first kappa shape index (κ1) is 16.7. The Hall–Kier alpha value is -1.69. The number of hydrogen-bond acceptors (Lipinski definition) is 5. The summed E-state index contributed by atoms with van der Waals surface area (Å²) in [5.41, 5.74) is 0.615. The summed E-state index contributed by atoms with van der Waals surface area (Å²) in [4.78, 5) is 22.2. The summed E-state index contributed by atoms with van der Waals surface area (Å²) in [5.74, 6) is 0.346. The van der Waals surface area contributed by atoms with Crippen molar-refractivity contribution in [1.82, 2.24) is 20.2 Å². The number of carbonyl (C=O) groups excluding carboxylic acids is 1. The van der Waals surface area contributed by atoms with Crippen molar-refractivity contribution < 1.29 is 9.53 Å². The summed E-state index contributed by atoms with van der Waals surface area (Å²) in [6.45, 7) is 10.0. The number of rotatable bonds is 4. The minimum Gasteiger partial charge on any atom is -0.444 e. The maximum absolute atomic E-state index is 12.2. The predicted octanol–water partition coefficient (Wildman–Crippen LogP) is 2.38. The van der Waals surface area contributed by atoms with Gasteiger partial charge in [-0.25, -0.2) is 14.8 Å². The maximum Gasteiger partial charge on any atom is 0.410 e. The van der Waals surface area contributed by atoms with E-state index in [0.717, 1.165) is 25.1 Å². The number of carbonyl (C=O) groups is 1. The lowest BCUT2D eigenvalue weighted by Crippen LogP contribution is -2.36. The number of nitrogens with zero attached hydrogens (tertiary/aromatic N) is 3. The van der Waals surface area contributed by atoms with Gasteiger partial charge in [-0.2, -0.15) is 0 Å². The highest BCUT2D eigenvalue weighted by Crippen LogP contribution is 2.30. The van der Waals surface area contributed by atoms with Crippen LogP contribution in [0.15, 0.2) is 18.7 Å². The molecule has 0 aliphatic carbocycles. The summed E-state index contributed by atoms with van der Waals surface area (Å²) >= 11 is 0. The molecular formula is C16H26N4O2. The van der Waals surface area contributed by atoms with Gasteiger partial charge in [0, 0.05) is 37.1 Å². The summed E-state index contributed by atoms with van der Waals surface area (Å²) in [5, 5.41) is 3.49. The Balaban J connectivity index is 2.02. The highest BCUT2D eigenvalue weighted by atomic mass is 16.6. The van der Waals surface area contributed by atoms with Crippen LogP contribution in [-0.4, -0.2) is 46.2 Å². The fraction of sp³-hybridized carbons (Fsp3) is 0.688. The van der Waals surface area contributed by atoms with Gasteiger partial charge in [0.05, 0.1) is 0 Å². The minimum absolute atomic E-state index is 0.165. The quantitative estimate of drug-likeness (QED) is 0.925. The summed E-state index contributed by atoms with van der Waals surface area (Å²) in [7, 11) is 0. The van der Waals surface area contributed by atoms with Crippen molar-refractivity contribution in [2.45, 2.75) is 45.8 Å². The molecular weight excluding hydrogens is 280 g/mol. The van der Waals surface area contributed by atoms with Crippen LogP contribution in [0, 0.1) is 5.92 Å². The molecule has 2 unspecified atom stereocenters. The van der Waals surface area contributed by atoms with Gasteiger partial charge in [0.25, 0.3) is 0 Å². The molecule has 2 heterocycles. The molecule has 6 heteroatoms. The zero-order valence-corrected chi connectivity index (χ0v) is 13.9. The van der Waals surface area contributed by atoms with Crippen LogP contribution in [0.25, 0.3) is 0 Å². The van der Waals surface area contributed by atoms with Crippen molar-refractivity contribution in [3.63, 3.8) is 0 Å². The smallest absolute Gasteiger partial charge is 0.410 e. The zero-order valence-electron chi connectivity index (χ0n) is 13.9.